The molecule has 3 rings (SSSR count). The molecule has 0 radical (unpaired) electrons. The number of imidazole rings is 1. The Hall–Kier alpha value is -2.82. The number of ether oxygens (including phenoxy) is 1. The molecule has 2 aromatic carbocycles. The molecule has 0 aliphatic heterocycles. The third-order valence-electron chi connectivity index (χ3n) is 3.33. The SMILES string of the molecule is Cc1cccc(COc2ccc3nc(CC(N)=O)[nH]c3c2)c1. The molecule has 5 nitrogen and oxygen atoms in total. The van der Waals surface area contributed by atoms with Crippen LogP contribution in [0.3, 0.4) is 0 Å². The predicted molar refractivity (Wildman–Crippen MR) is 84.5 cm³/mol. The Labute approximate surface area is 128 Å². The molecular formula is C17H17N3O2. The van der Waals surface area contributed by atoms with Crippen LogP contribution in [0.25, 0.3) is 11.0 Å². The first kappa shape index (κ1) is 14.1. The summed E-state index contributed by atoms with van der Waals surface area (Å²) in [6.07, 6.45) is 0.105. The maximum Gasteiger partial charge on any atom is 0.225 e. The molecule has 3 aromatic rings. The first-order valence-corrected chi connectivity index (χ1v) is 7.05. The zero-order valence-electron chi connectivity index (χ0n) is 12.3. The average Bonchev–Trinajstić information content (AvgIpc) is 2.85. The van der Waals surface area contributed by atoms with Crippen molar-refractivity contribution in [2.24, 2.45) is 5.73 Å². The summed E-state index contributed by atoms with van der Waals surface area (Å²) in [4.78, 5) is 18.3. The van der Waals surface area contributed by atoms with Gasteiger partial charge >= 0.3 is 0 Å². The van der Waals surface area contributed by atoms with Gasteiger partial charge in [0.15, 0.2) is 0 Å². The van der Waals surface area contributed by atoms with Crippen LogP contribution in [0, 0.1) is 6.92 Å². The van der Waals surface area contributed by atoms with Gasteiger partial charge in [0.1, 0.15) is 18.2 Å². The summed E-state index contributed by atoms with van der Waals surface area (Å²) in [5, 5.41) is 0. The minimum Gasteiger partial charge on any atom is -0.489 e. The van der Waals surface area contributed by atoms with E-state index in [9.17, 15) is 4.79 Å². The Morgan fingerprint density at radius 1 is 1.27 bits per heavy atom. The largest absolute Gasteiger partial charge is 0.489 e. The molecule has 0 spiro atoms. The van der Waals surface area contributed by atoms with Gasteiger partial charge in [0, 0.05) is 6.07 Å². The highest BCUT2D eigenvalue weighted by molar-refractivity contribution is 5.80. The monoisotopic (exact) mass is 295 g/mol. The number of hydrogen-bond acceptors (Lipinski definition) is 3. The number of carbonyl (C=O) groups is 1. The smallest absolute Gasteiger partial charge is 0.225 e. The summed E-state index contributed by atoms with van der Waals surface area (Å²) in [6, 6.07) is 13.8. The number of aryl methyl sites for hydroxylation is 1. The predicted octanol–water partition coefficient (Wildman–Crippen LogP) is 2.48. The van der Waals surface area contributed by atoms with E-state index >= 15 is 0 Å². The maximum absolute atomic E-state index is 10.9. The standard InChI is InChI=1S/C17H17N3O2/c1-11-3-2-4-12(7-11)10-22-13-5-6-14-15(8-13)20-17(19-14)9-16(18)21/h2-8H,9-10H2,1H3,(H2,18,21)(H,19,20). The second-order valence-corrected chi connectivity index (χ2v) is 5.28. The molecule has 0 atom stereocenters. The summed E-state index contributed by atoms with van der Waals surface area (Å²) in [5.74, 6) is 0.914. The fourth-order valence-corrected chi connectivity index (χ4v) is 2.35. The van der Waals surface area contributed by atoms with Crippen molar-refractivity contribution in [2.45, 2.75) is 20.0 Å². The van der Waals surface area contributed by atoms with E-state index in [1.807, 2.05) is 30.3 Å². The quantitative estimate of drug-likeness (QED) is 0.758. The van der Waals surface area contributed by atoms with Crippen molar-refractivity contribution < 1.29 is 9.53 Å². The maximum atomic E-state index is 10.9. The molecule has 1 aromatic heterocycles. The van der Waals surface area contributed by atoms with Gasteiger partial charge in [-0.25, -0.2) is 4.98 Å². The lowest BCUT2D eigenvalue weighted by Crippen LogP contribution is -2.14. The zero-order valence-corrected chi connectivity index (χ0v) is 12.3. The Kier molecular flexibility index (Phi) is 3.78. The molecule has 0 unspecified atom stereocenters. The third-order valence-corrected chi connectivity index (χ3v) is 3.33. The number of primary amides is 1. The number of nitrogens with one attached hydrogen (secondary N) is 1. The lowest BCUT2D eigenvalue weighted by Gasteiger charge is -2.06. The fraction of sp³-hybridized carbons (Fsp3) is 0.176. The van der Waals surface area contributed by atoms with Crippen molar-refractivity contribution >= 4 is 16.9 Å². The lowest BCUT2D eigenvalue weighted by molar-refractivity contribution is -0.117. The van der Waals surface area contributed by atoms with Crippen molar-refractivity contribution in [1.82, 2.24) is 9.97 Å². The third kappa shape index (κ3) is 3.25. The van der Waals surface area contributed by atoms with Crippen LogP contribution in [0.4, 0.5) is 0 Å². The van der Waals surface area contributed by atoms with Crippen LogP contribution in [0.15, 0.2) is 42.5 Å². The minimum absolute atomic E-state index is 0.105. The number of rotatable bonds is 5. The molecule has 5 heteroatoms. The Bertz CT molecular complexity index is 824. The highest BCUT2D eigenvalue weighted by Crippen LogP contribution is 2.20. The van der Waals surface area contributed by atoms with Gasteiger partial charge in [0.25, 0.3) is 0 Å². The van der Waals surface area contributed by atoms with Crippen molar-refractivity contribution in [3.05, 3.63) is 59.4 Å². The van der Waals surface area contributed by atoms with Gasteiger partial charge < -0.3 is 15.5 Å². The second kappa shape index (κ2) is 5.89. The van der Waals surface area contributed by atoms with Gasteiger partial charge in [-0.15, -0.1) is 0 Å². The van der Waals surface area contributed by atoms with E-state index in [0.717, 1.165) is 22.3 Å². The van der Waals surface area contributed by atoms with Crippen LogP contribution in [0.5, 0.6) is 5.75 Å². The van der Waals surface area contributed by atoms with Crippen LogP contribution in [-0.4, -0.2) is 15.9 Å². The highest BCUT2D eigenvalue weighted by atomic mass is 16.5. The molecule has 1 amide bonds. The molecular weight excluding hydrogens is 278 g/mol. The van der Waals surface area contributed by atoms with Crippen LogP contribution < -0.4 is 10.5 Å². The number of H-pyrrole nitrogens is 1. The van der Waals surface area contributed by atoms with Gasteiger partial charge in [-0.3, -0.25) is 4.79 Å². The normalized spacial score (nSPS) is 10.8. The van der Waals surface area contributed by atoms with Crippen molar-refractivity contribution in [1.29, 1.82) is 0 Å². The number of nitrogens with two attached hydrogens (primary N) is 1. The van der Waals surface area contributed by atoms with E-state index in [1.54, 1.807) is 0 Å². The van der Waals surface area contributed by atoms with Crippen LogP contribution in [0.1, 0.15) is 17.0 Å². The average molecular weight is 295 g/mol. The van der Waals surface area contributed by atoms with Crippen LogP contribution in [0.2, 0.25) is 0 Å². The van der Waals surface area contributed by atoms with E-state index < -0.39 is 5.91 Å². The zero-order chi connectivity index (χ0) is 15.5. The molecule has 0 saturated carbocycles. The molecule has 1 heterocycles. The molecule has 22 heavy (non-hydrogen) atoms. The van der Waals surface area contributed by atoms with E-state index in [-0.39, 0.29) is 6.42 Å². The van der Waals surface area contributed by atoms with Crippen molar-refractivity contribution in [3.63, 3.8) is 0 Å². The topological polar surface area (TPSA) is 81.0 Å². The van der Waals surface area contributed by atoms with Crippen LogP contribution in [-0.2, 0) is 17.8 Å². The summed E-state index contributed by atoms with van der Waals surface area (Å²) in [6.45, 7) is 2.57. The molecule has 0 bridgehead atoms. The van der Waals surface area contributed by atoms with Gasteiger partial charge in [0.05, 0.1) is 17.5 Å². The number of aromatic nitrogens is 2. The van der Waals surface area contributed by atoms with E-state index in [0.29, 0.717) is 12.4 Å². The van der Waals surface area contributed by atoms with Gasteiger partial charge in [-0.2, -0.15) is 0 Å². The molecule has 112 valence electrons. The molecule has 0 aliphatic carbocycles. The minimum atomic E-state index is -0.407. The number of fused-ring (bicyclic) bond motifs is 1. The highest BCUT2D eigenvalue weighted by Gasteiger charge is 2.07. The molecule has 0 saturated heterocycles. The number of amides is 1. The summed E-state index contributed by atoms with van der Waals surface area (Å²) >= 11 is 0. The van der Waals surface area contributed by atoms with E-state index in [2.05, 4.69) is 29.0 Å². The number of hydrogen-bond donors (Lipinski definition) is 2. The van der Waals surface area contributed by atoms with E-state index in [4.69, 9.17) is 10.5 Å². The molecule has 0 fully saturated rings. The summed E-state index contributed by atoms with van der Waals surface area (Å²) in [7, 11) is 0. The number of carbonyl (C=O) groups excluding carboxylic acids is 1. The summed E-state index contributed by atoms with van der Waals surface area (Å²) < 4.78 is 5.81. The Morgan fingerprint density at radius 2 is 2.14 bits per heavy atom. The van der Waals surface area contributed by atoms with Crippen molar-refractivity contribution in [3.8, 4) is 5.75 Å². The Morgan fingerprint density at radius 3 is 2.91 bits per heavy atom. The van der Waals surface area contributed by atoms with Crippen LogP contribution >= 0.6 is 0 Å². The second-order valence-electron chi connectivity index (χ2n) is 5.28. The van der Waals surface area contributed by atoms with Crippen molar-refractivity contribution in [2.75, 3.05) is 0 Å². The fourth-order valence-electron chi connectivity index (χ4n) is 2.35. The van der Waals surface area contributed by atoms with Gasteiger partial charge in [-0.1, -0.05) is 29.8 Å². The summed E-state index contributed by atoms with van der Waals surface area (Å²) in [5.41, 5.74) is 9.13. The lowest BCUT2D eigenvalue weighted by atomic mass is 10.1. The Balaban J connectivity index is 1.75. The van der Waals surface area contributed by atoms with E-state index in [1.165, 1.54) is 5.56 Å². The first-order valence-electron chi connectivity index (χ1n) is 7.05. The first-order chi connectivity index (χ1) is 10.6. The van der Waals surface area contributed by atoms with Gasteiger partial charge in [-0.05, 0) is 24.6 Å². The molecule has 0 aliphatic rings. The molecule has 3 N–H and O–H groups in total. The number of aromatic amines is 1. The van der Waals surface area contributed by atoms with Gasteiger partial charge in [0.2, 0.25) is 5.91 Å². The number of nitrogens with zero attached hydrogens (tertiary/aromatic N) is 1. The number of benzene rings is 2.